The lowest BCUT2D eigenvalue weighted by Gasteiger charge is -2.25. The van der Waals surface area contributed by atoms with Crippen LogP contribution in [0.4, 0.5) is 5.69 Å². The highest BCUT2D eigenvalue weighted by Gasteiger charge is 2.08. The summed E-state index contributed by atoms with van der Waals surface area (Å²) in [7, 11) is 0. The maximum Gasteiger partial charge on any atom is 0.243 e. The first-order valence-corrected chi connectivity index (χ1v) is 7.61. The van der Waals surface area contributed by atoms with Gasteiger partial charge in [0.1, 0.15) is 0 Å². The Morgan fingerprint density at radius 1 is 1.29 bits per heavy atom. The number of rotatable bonds is 6. The summed E-state index contributed by atoms with van der Waals surface area (Å²) in [5.74, 6) is -0.0224. The molecule has 1 N–H and O–H groups in total. The van der Waals surface area contributed by atoms with Crippen LogP contribution in [0.2, 0.25) is 0 Å². The molecule has 0 atom stereocenters. The second-order valence-corrected chi connectivity index (χ2v) is 6.36. The van der Waals surface area contributed by atoms with E-state index in [1.165, 1.54) is 11.3 Å². The number of para-hydroxylation sites is 1. The number of allylic oxidation sites excluding steroid dienone is 1. The fourth-order valence-corrected chi connectivity index (χ4v) is 2.07. The number of amides is 1. The smallest absolute Gasteiger partial charge is 0.243 e. The van der Waals surface area contributed by atoms with Gasteiger partial charge >= 0.3 is 0 Å². The third-order valence-electron chi connectivity index (χ3n) is 3.25. The number of likely N-dealkylation sites (N-methyl/N-ethyl adjacent to an activating group) is 1. The average molecular weight is 288 g/mol. The maximum absolute atomic E-state index is 11.7. The molecule has 0 aliphatic heterocycles. The largest absolute Gasteiger partial charge is 0.370 e. The van der Waals surface area contributed by atoms with Crippen molar-refractivity contribution < 1.29 is 4.79 Å². The van der Waals surface area contributed by atoms with Gasteiger partial charge in [-0.3, -0.25) is 4.79 Å². The maximum atomic E-state index is 11.7. The molecule has 0 heterocycles. The summed E-state index contributed by atoms with van der Waals surface area (Å²) < 4.78 is 0. The topological polar surface area (TPSA) is 32.3 Å². The molecule has 0 aliphatic rings. The van der Waals surface area contributed by atoms with E-state index >= 15 is 0 Å². The van der Waals surface area contributed by atoms with Crippen molar-refractivity contribution in [1.29, 1.82) is 0 Å². The molecule has 0 unspecified atom stereocenters. The number of aryl methyl sites for hydroxylation is 1. The van der Waals surface area contributed by atoms with Crippen LogP contribution < -0.4 is 10.2 Å². The van der Waals surface area contributed by atoms with Crippen molar-refractivity contribution in [3.05, 3.63) is 42.0 Å². The number of carbonyl (C=O) groups is 1. The lowest BCUT2D eigenvalue weighted by atomic mass is 9.96. The second-order valence-electron chi connectivity index (χ2n) is 6.36. The molecule has 21 heavy (non-hydrogen) atoms. The summed E-state index contributed by atoms with van der Waals surface area (Å²) in [4.78, 5) is 14.0. The average Bonchev–Trinajstić information content (AvgIpc) is 2.42. The van der Waals surface area contributed by atoms with Crippen LogP contribution in [0, 0.1) is 12.3 Å². The monoisotopic (exact) mass is 288 g/mol. The lowest BCUT2D eigenvalue weighted by molar-refractivity contribution is -0.116. The number of nitrogens with zero attached hydrogens (tertiary/aromatic N) is 1. The van der Waals surface area contributed by atoms with Gasteiger partial charge in [-0.15, -0.1) is 0 Å². The minimum Gasteiger partial charge on any atom is -0.370 e. The van der Waals surface area contributed by atoms with Gasteiger partial charge in [0.2, 0.25) is 5.91 Å². The zero-order valence-corrected chi connectivity index (χ0v) is 13.9. The molecule has 0 fully saturated rings. The first-order valence-electron chi connectivity index (χ1n) is 7.61. The van der Waals surface area contributed by atoms with Crippen molar-refractivity contribution in [3.63, 3.8) is 0 Å². The predicted octanol–water partition coefficient (Wildman–Crippen LogP) is 3.54. The number of anilines is 1. The SMILES string of the molecule is CCN(CCNC(=O)/C=C/C(C)(C)C)c1ccccc1C. The molecule has 0 bridgehead atoms. The van der Waals surface area contributed by atoms with Gasteiger partial charge in [0, 0.05) is 25.3 Å². The quantitative estimate of drug-likeness (QED) is 0.812. The van der Waals surface area contributed by atoms with Gasteiger partial charge in [-0.25, -0.2) is 0 Å². The fourth-order valence-electron chi connectivity index (χ4n) is 2.07. The van der Waals surface area contributed by atoms with Crippen molar-refractivity contribution in [3.8, 4) is 0 Å². The molecule has 0 saturated heterocycles. The number of benzene rings is 1. The Balaban J connectivity index is 2.49. The van der Waals surface area contributed by atoms with Crippen LogP contribution in [-0.2, 0) is 4.79 Å². The van der Waals surface area contributed by atoms with E-state index in [0.717, 1.165) is 13.1 Å². The fraction of sp³-hybridized carbons (Fsp3) is 0.500. The summed E-state index contributed by atoms with van der Waals surface area (Å²) in [6, 6.07) is 8.34. The molecule has 1 rings (SSSR count). The summed E-state index contributed by atoms with van der Waals surface area (Å²) >= 11 is 0. The standard InChI is InChI=1S/C18H28N2O/c1-6-20(16-10-8-7-9-15(16)2)14-13-19-17(21)11-12-18(3,4)5/h7-12H,6,13-14H2,1-5H3,(H,19,21)/b12-11+. The molecule has 3 heteroatoms. The van der Waals surface area contributed by atoms with Gasteiger partial charge < -0.3 is 10.2 Å². The molecule has 116 valence electrons. The van der Waals surface area contributed by atoms with Crippen LogP contribution >= 0.6 is 0 Å². The van der Waals surface area contributed by atoms with E-state index in [1.54, 1.807) is 6.08 Å². The van der Waals surface area contributed by atoms with Gasteiger partial charge in [-0.1, -0.05) is 45.0 Å². The number of carbonyl (C=O) groups excluding carboxylic acids is 1. The molecule has 1 amide bonds. The van der Waals surface area contributed by atoms with Crippen LogP contribution in [0.1, 0.15) is 33.3 Å². The summed E-state index contributed by atoms with van der Waals surface area (Å²) in [5.41, 5.74) is 2.53. The molecule has 0 aromatic heterocycles. The van der Waals surface area contributed by atoms with E-state index in [9.17, 15) is 4.79 Å². The molecular formula is C18H28N2O. The normalized spacial score (nSPS) is 11.7. The highest BCUT2D eigenvalue weighted by Crippen LogP contribution is 2.18. The van der Waals surface area contributed by atoms with Gasteiger partial charge in [-0.05, 0) is 37.0 Å². The Morgan fingerprint density at radius 2 is 1.95 bits per heavy atom. The van der Waals surface area contributed by atoms with Crippen molar-refractivity contribution in [2.75, 3.05) is 24.5 Å². The van der Waals surface area contributed by atoms with E-state index in [4.69, 9.17) is 0 Å². The molecule has 0 saturated carbocycles. The summed E-state index contributed by atoms with van der Waals surface area (Å²) in [5, 5.41) is 2.94. The number of hydrogen-bond donors (Lipinski definition) is 1. The zero-order chi connectivity index (χ0) is 15.9. The number of nitrogens with one attached hydrogen (secondary N) is 1. The van der Waals surface area contributed by atoms with Crippen LogP contribution in [0.3, 0.4) is 0 Å². The van der Waals surface area contributed by atoms with E-state index < -0.39 is 0 Å². The molecular weight excluding hydrogens is 260 g/mol. The Bertz CT molecular complexity index is 486. The Hall–Kier alpha value is -1.77. The highest BCUT2D eigenvalue weighted by molar-refractivity contribution is 5.87. The minimum absolute atomic E-state index is 0.0224. The van der Waals surface area contributed by atoms with Crippen molar-refractivity contribution >= 4 is 11.6 Å². The van der Waals surface area contributed by atoms with Gasteiger partial charge in [0.15, 0.2) is 0 Å². The third kappa shape index (κ3) is 6.48. The Kier molecular flexibility index (Phi) is 6.47. The highest BCUT2D eigenvalue weighted by atomic mass is 16.1. The van der Waals surface area contributed by atoms with Crippen LogP contribution in [0.25, 0.3) is 0 Å². The molecule has 0 spiro atoms. The van der Waals surface area contributed by atoms with Crippen molar-refractivity contribution in [2.24, 2.45) is 5.41 Å². The molecule has 1 aromatic rings. The first-order chi connectivity index (χ1) is 9.83. The van der Waals surface area contributed by atoms with Gasteiger partial charge in [-0.2, -0.15) is 0 Å². The van der Waals surface area contributed by atoms with E-state index in [0.29, 0.717) is 6.54 Å². The summed E-state index contributed by atoms with van der Waals surface area (Å²) in [6.45, 7) is 12.9. The Morgan fingerprint density at radius 3 is 2.52 bits per heavy atom. The molecule has 1 aromatic carbocycles. The molecule has 3 nitrogen and oxygen atoms in total. The molecule has 0 radical (unpaired) electrons. The van der Waals surface area contributed by atoms with Crippen LogP contribution in [0.5, 0.6) is 0 Å². The first kappa shape index (κ1) is 17.3. The van der Waals surface area contributed by atoms with E-state index in [1.807, 2.05) is 12.1 Å². The van der Waals surface area contributed by atoms with Crippen molar-refractivity contribution in [2.45, 2.75) is 34.6 Å². The van der Waals surface area contributed by atoms with Crippen molar-refractivity contribution in [1.82, 2.24) is 5.32 Å². The zero-order valence-electron chi connectivity index (χ0n) is 13.9. The molecule has 0 aliphatic carbocycles. The lowest BCUT2D eigenvalue weighted by Crippen LogP contribution is -2.34. The van der Waals surface area contributed by atoms with E-state index in [2.05, 4.69) is 63.0 Å². The summed E-state index contributed by atoms with van der Waals surface area (Å²) in [6.07, 6.45) is 3.56. The van der Waals surface area contributed by atoms with Gasteiger partial charge in [0.05, 0.1) is 0 Å². The number of hydrogen-bond acceptors (Lipinski definition) is 2. The van der Waals surface area contributed by atoms with E-state index in [-0.39, 0.29) is 11.3 Å². The van der Waals surface area contributed by atoms with Gasteiger partial charge in [0.25, 0.3) is 0 Å². The predicted molar refractivity (Wildman–Crippen MR) is 90.7 cm³/mol. The Labute approximate surface area is 129 Å². The van der Waals surface area contributed by atoms with Crippen LogP contribution in [-0.4, -0.2) is 25.5 Å². The van der Waals surface area contributed by atoms with Crippen LogP contribution in [0.15, 0.2) is 36.4 Å². The third-order valence-corrected chi connectivity index (χ3v) is 3.25. The second kappa shape index (κ2) is 7.87. The minimum atomic E-state index is -0.0224.